The summed E-state index contributed by atoms with van der Waals surface area (Å²) in [7, 11) is 1.54. The van der Waals surface area contributed by atoms with Crippen molar-refractivity contribution >= 4 is 17.8 Å². The fourth-order valence-electron chi connectivity index (χ4n) is 3.13. The molecule has 0 spiro atoms. The molecule has 0 aromatic heterocycles. The second-order valence-electron chi connectivity index (χ2n) is 5.93. The van der Waals surface area contributed by atoms with Crippen LogP contribution in [0.1, 0.15) is 32.1 Å². The first-order valence-electron chi connectivity index (χ1n) is 7.57. The summed E-state index contributed by atoms with van der Waals surface area (Å²) < 4.78 is 0. The largest absolute Gasteiger partial charge is 0.350 e. The molecular formula is C14H24N4O3. The number of amides is 4. The van der Waals surface area contributed by atoms with Crippen LogP contribution in [0.15, 0.2) is 0 Å². The van der Waals surface area contributed by atoms with Gasteiger partial charge in [-0.05, 0) is 18.8 Å². The molecular weight excluding hydrogens is 272 g/mol. The zero-order chi connectivity index (χ0) is 15.4. The first-order valence-corrected chi connectivity index (χ1v) is 7.57. The van der Waals surface area contributed by atoms with Gasteiger partial charge in [0.25, 0.3) is 5.91 Å². The van der Waals surface area contributed by atoms with Crippen LogP contribution in [0.2, 0.25) is 0 Å². The molecule has 118 valence electrons. The summed E-state index contributed by atoms with van der Waals surface area (Å²) >= 11 is 0. The molecule has 2 rings (SSSR count). The fraction of sp³-hybridized carbons (Fsp3) is 0.786. The minimum Gasteiger partial charge on any atom is -0.350 e. The Balaban J connectivity index is 1.88. The van der Waals surface area contributed by atoms with Gasteiger partial charge in [-0.15, -0.1) is 0 Å². The number of carbonyl (C=O) groups is 3. The molecule has 21 heavy (non-hydrogen) atoms. The van der Waals surface area contributed by atoms with E-state index < -0.39 is 6.03 Å². The van der Waals surface area contributed by atoms with Gasteiger partial charge in [0, 0.05) is 19.6 Å². The van der Waals surface area contributed by atoms with Gasteiger partial charge in [0.1, 0.15) is 13.1 Å². The van der Waals surface area contributed by atoms with Crippen LogP contribution in [0.4, 0.5) is 4.79 Å². The minimum atomic E-state index is -0.419. The van der Waals surface area contributed by atoms with E-state index >= 15 is 0 Å². The Bertz CT molecular complexity index is 420. The Kier molecular flexibility index (Phi) is 5.17. The maximum Gasteiger partial charge on any atom is 0.327 e. The molecule has 1 saturated carbocycles. The van der Waals surface area contributed by atoms with Gasteiger partial charge < -0.3 is 16.0 Å². The van der Waals surface area contributed by atoms with Crippen LogP contribution >= 0.6 is 0 Å². The Morgan fingerprint density at radius 1 is 1.33 bits per heavy atom. The lowest BCUT2D eigenvalue weighted by molar-refractivity contribution is -0.131. The maximum absolute atomic E-state index is 12.1. The van der Waals surface area contributed by atoms with E-state index in [4.69, 9.17) is 5.73 Å². The van der Waals surface area contributed by atoms with E-state index in [0.717, 1.165) is 17.7 Å². The van der Waals surface area contributed by atoms with E-state index in [-0.39, 0.29) is 30.9 Å². The predicted octanol–water partition coefficient (Wildman–Crippen LogP) is -0.0958. The summed E-state index contributed by atoms with van der Waals surface area (Å²) in [6.07, 6.45) is 5.74. The number of nitrogens with zero attached hydrogens (tertiary/aromatic N) is 2. The molecule has 0 bridgehead atoms. The van der Waals surface area contributed by atoms with Gasteiger partial charge in [0.15, 0.2) is 0 Å². The van der Waals surface area contributed by atoms with Crippen LogP contribution in [0.3, 0.4) is 0 Å². The molecule has 1 unspecified atom stereocenters. The average Bonchev–Trinajstić information content (AvgIpc) is 2.72. The first-order chi connectivity index (χ1) is 10.0. The molecule has 1 saturated heterocycles. The van der Waals surface area contributed by atoms with Crippen LogP contribution in [-0.2, 0) is 9.59 Å². The Morgan fingerprint density at radius 3 is 2.52 bits per heavy atom. The molecule has 1 aliphatic carbocycles. The third-order valence-corrected chi connectivity index (χ3v) is 4.35. The van der Waals surface area contributed by atoms with E-state index in [1.807, 2.05) is 0 Å². The second kappa shape index (κ2) is 6.89. The lowest BCUT2D eigenvalue weighted by atomic mass is 9.84. The van der Waals surface area contributed by atoms with E-state index in [1.165, 1.54) is 24.2 Å². The fourth-order valence-corrected chi connectivity index (χ4v) is 3.13. The van der Waals surface area contributed by atoms with Crippen molar-refractivity contribution in [2.24, 2.45) is 11.7 Å². The highest BCUT2D eigenvalue weighted by molar-refractivity contribution is 6.04. The van der Waals surface area contributed by atoms with Crippen molar-refractivity contribution in [2.75, 3.05) is 26.7 Å². The van der Waals surface area contributed by atoms with Gasteiger partial charge in [-0.3, -0.25) is 14.5 Å². The maximum atomic E-state index is 12.1. The number of rotatable bonds is 5. The van der Waals surface area contributed by atoms with E-state index in [1.54, 1.807) is 7.05 Å². The summed E-state index contributed by atoms with van der Waals surface area (Å²) in [5, 5.41) is 2.89. The number of nitrogens with two attached hydrogens (primary N) is 1. The van der Waals surface area contributed by atoms with Crippen LogP contribution in [-0.4, -0.2) is 60.4 Å². The van der Waals surface area contributed by atoms with E-state index in [0.29, 0.717) is 12.5 Å². The molecule has 1 atom stereocenters. The van der Waals surface area contributed by atoms with Crippen molar-refractivity contribution < 1.29 is 14.4 Å². The summed E-state index contributed by atoms with van der Waals surface area (Å²) in [5.74, 6) is -0.243. The molecule has 2 fully saturated rings. The minimum absolute atomic E-state index is 0.0368. The highest BCUT2D eigenvalue weighted by Crippen LogP contribution is 2.26. The van der Waals surface area contributed by atoms with Crippen LogP contribution in [0.25, 0.3) is 0 Å². The van der Waals surface area contributed by atoms with Crippen molar-refractivity contribution in [3.8, 4) is 0 Å². The van der Waals surface area contributed by atoms with Gasteiger partial charge in [-0.25, -0.2) is 4.79 Å². The van der Waals surface area contributed by atoms with Crippen molar-refractivity contribution in [1.82, 2.24) is 15.1 Å². The molecule has 7 heteroatoms. The SMILES string of the molecule is CN1CC(=O)N(CC(=O)NC(CN)C2CCCCC2)C1=O. The Morgan fingerprint density at radius 2 is 2.00 bits per heavy atom. The van der Waals surface area contributed by atoms with Crippen LogP contribution in [0, 0.1) is 5.92 Å². The number of likely N-dealkylation sites (N-methyl/N-ethyl adjacent to an activating group) is 1. The molecule has 0 aromatic rings. The van der Waals surface area contributed by atoms with E-state index in [9.17, 15) is 14.4 Å². The zero-order valence-electron chi connectivity index (χ0n) is 12.5. The molecule has 7 nitrogen and oxygen atoms in total. The summed E-state index contributed by atoms with van der Waals surface area (Å²) in [4.78, 5) is 37.8. The molecule has 1 aliphatic heterocycles. The molecule has 2 aliphatic rings. The van der Waals surface area contributed by atoms with Crippen molar-refractivity contribution in [2.45, 2.75) is 38.1 Å². The number of nitrogens with one attached hydrogen (secondary N) is 1. The van der Waals surface area contributed by atoms with Crippen LogP contribution in [0.5, 0.6) is 0 Å². The smallest absolute Gasteiger partial charge is 0.327 e. The first kappa shape index (κ1) is 15.8. The Hall–Kier alpha value is -1.63. The third-order valence-electron chi connectivity index (χ3n) is 4.35. The molecule has 3 N–H and O–H groups in total. The van der Waals surface area contributed by atoms with Gasteiger partial charge in [0.2, 0.25) is 5.91 Å². The normalized spacial score (nSPS) is 21.8. The molecule has 0 aromatic carbocycles. The number of hydrogen-bond donors (Lipinski definition) is 2. The highest BCUT2D eigenvalue weighted by atomic mass is 16.2. The number of hydrogen-bond acceptors (Lipinski definition) is 4. The van der Waals surface area contributed by atoms with Crippen molar-refractivity contribution in [1.29, 1.82) is 0 Å². The lowest BCUT2D eigenvalue weighted by Crippen LogP contribution is -2.50. The zero-order valence-corrected chi connectivity index (χ0v) is 12.5. The van der Waals surface area contributed by atoms with Crippen molar-refractivity contribution in [3.05, 3.63) is 0 Å². The number of carbonyl (C=O) groups excluding carboxylic acids is 3. The highest BCUT2D eigenvalue weighted by Gasteiger charge is 2.35. The van der Waals surface area contributed by atoms with Gasteiger partial charge in [0.05, 0.1) is 0 Å². The predicted molar refractivity (Wildman–Crippen MR) is 77.3 cm³/mol. The topological polar surface area (TPSA) is 95.7 Å². The molecule has 4 amide bonds. The number of imide groups is 1. The van der Waals surface area contributed by atoms with Crippen LogP contribution < -0.4 is 11.1 Å². The average molecular weight is 296 g/mol. The van der Waals surface area contributed by atoms with Gasteiger partial charge >= 0.3 is 6.03 Å². The summed E-state index contributed by atoms with van der Waals surface area (Å²) in [6, 6.07) is -0.486. The van der Waals surface area contributed by atoms with Crippen molar-refractivity contribution in [3.63, 3.8) is 0 Å². The summed E-state index contributed by atoms with van der Waals surface area (Å²) in [6.45, 7) is 0.207. The second-order valence-corrected chi connectivity index (χ2v) is 5.93. The lowest BCUT2D eigenvalue weighted by Gasteiger charge is -2.30. The summed E-state index contributed by atoms with van der Waals surface area (Å²) in [5.41, 5.74) is 5.77. The number of urea groups is 1. The monoisotopic (exact) mass is 296 g/mol. The third kappa shape index (κ3) is 3.72. The van der Waals surface area contributed by atoms with Gasteiger partial charge in [-0.2, -0.15) is 0 Å². The van der Waals surface area contributed by atoms with E-state index in [2.05, 4.69) is 5.32 Å². The molecule has 0 radical (unpaired) electrons. The standard InChI is InChI=1S/C14H24N4O3/c1-17-9-13(20)18(14(17)21)8-12(19)16-11(7-15)10-5-3-2-4-6-10/h10-11H,2-9,15H2,1H3,(H,16,19). The van der Waals surface area contributed by atoms with Gasteiger partial charge in [-0.1, -0.05) is 19.3 Å². The molecule has 1 heterocycles. The quantitative estimate of drug-likeness (QED) is 0.693. The Labute approximate surface area is 124 Å².